The fraction of sp³-hybridized carbons (Fsp3) is 0.591. The Bertz CT molecular complexity index is 657. The first-order valence-electron chi connectivity index (χ1n) is 10.0. The maximum Gasteiger partial charge on any atom is 0.251 e. The molecule has 0 unspecified atom stereocenters. The van der Waals surface area contributed by atoms with Crippen molar-refractivity contribution in [3.63, 3.8) is 0 Å². The number of benzene rings is 1. The largest absolute Gasteiger partial charge is 0.489 e. The van der Waals surface area contributed by atoms with Gasteiger partial charge >= 0.3 is 0 Å². The molecule has 1 aliphatic rings. The molecule has 0 bridgehead atoms. The van der Waals surface area contributed by atoms with E-state index in [4.69, 9.17) is 21.1 Å². The third-order valence-electron chi connectivity index (χ3n) is 5.17. The maximum atomic E-state index is 12.1. The first kappa shape index (κ1) is 22.7. The highest BCUT2D eigenvalue weighted by Crippen LogP contribution is 2.29. The summed E-state index contributed by atoms with van der Waals surface area (Å²) in [6.45, 7) is 11.4. The molecule has 1 amide bonds. The Morgan fingerprint density at radius 1 is 1.39 bits per heavy atom. The van der Waals surface area contributed by atoms with Gasteiger partial charge in [-0.05, 0) is 57.7 Å². The lowest BCUT2D eigenvalue weighted by Crippen LogP contribution is -2.43. The Balaban J connectivity index is 1.83. The van der Waals surface area contributed by atoms with Gasteiger partial charge in [0.1, 0.15) is 11.9 Å². The number of rotatable bonds is 10. The van der Waals surface area contributed by atoms with Crippen LogP contribution in [-0.2, 0) is 4.74 Å². The third-order valence-corrected chi connectivity index (χ3v) is 5.46. The van der Waals surface area contributed by atoms with Gasteiger partial charge < -0.3 is 19.7 Å². The molecule has 0 aromatic heterocycles. The first-order valence-corrected chi connectivity index (χ1v) is 10.4. The van der Waals surface area contributed by atoms with Crippen LogP contribution in [0.15, 0.2) is 30.4 Å². The molecule has 1 N–H and O–H groups in total. The van der Waals surface area contributed by atoms with Crippen LogP contribution in [-0.4, -0.2) is 56.3 Å². The van der Waals surface area contributed by atoms with Crippen molar-refractivity contribution < 1.29 is 14.3 Å². The van der Waals surface area contributed by atoms with E-state index in [2.05, 4.69) is 30.6 Å². The standard InChI is InChI=1S/C22H33ClN2O3/c1-16(2)5-6-17(3)25-12-9-19(10-13-25)28-21-8-7-18(15-20(21)23)22(26)24-11-14-27-4/h7-8,15,17,19H,1,5-6,9-14H2,2-4H3,(H,24,26)/t17-/m0/s1. The molecule has 5 nitrogen and oxygen atoms in total. The van der Waals surface area contributed by atoms with Crippen LogP contribution in [0.2, 0.25) is 5.02 Å². The lowest BCUT2D eigenvalue weighted by atomic mass is 10.0. The zero-order valence-corrected chi connectivity index (χ0v) is 18.1. The molecule has 0 aliphatic carbocycles. The topological polar surface area (TPSA) is 50.8 Å². The minimum atomic E-state index is -0.164. The van der Waals surface area contributed by atoms with E-state index in [0.29, 0.717) is 35.5 Å². The van der Waals surface area contributed by atoms with E-state index in [1.54, 1.807) is 25.3 Å². The lowest BCUT2D eigenvalue weighted by Gasteiger charge is -2.36. The van der Waals surface area contributed by atoms with Crippen molar-refractivity contribution >= 4 is 17.5 Å². The predicted molar refractivity (Wildman–Crippen MR) is 114 cm³/mol. The highest BCUT2D eigenvalue weighted by molar-refractivity contribution is 6.32. The van der Waals surface area contributed by atoms with Crippen LogP contribution in [0.25, 0.3) is 0 Å². The number of halogens is 1. The third kappa shape index (κ3) is 7.12. The molecule has 1 aromatic carbocycles. The monoisotopic (exact) mass is 408 g/mol. The van der Waals surface area contributed by atoms with Crippen LogP contribution in [0.4, 0.5) is 0 Å². The normalized spacial score (nSPS) is 16.6. The van der Waals surface area contributed by atoms with Gasteiger partial charge in [-0.15, -0.1) is 6.58 Å². The molecule has 6 heteroatoms. The highest BCUT2D eigenvalue weighted by Gasteiger charge is 2.24. The summed E-state index contributed by atoms with van der Waals surface area (Å²) < 4.78 is 11.1. The fourth-order valence-corrected chi connectivity index (χ4v) is 3.58. The molecule has 1 atom stereocenters. The number of carbonyl (C=O) groups excluding carboxylic acids is 1. The summed E-state index contributed by atoms with van der Waals surface area (Å²) in [5, 5.41) is 3.26. The molecule has 0 saturated carbocycles. The number of hydrogen-bond acceptors (Lipinski definition) is 4. The van der Waals surface area contributed by atoms with Crippen LogP contribution in [0, 0.1) is 0 Å². The van der Waals surface area contributed by atoms with Gasteiger partial charge in [-0.2, -0.15) is 0 Å². The van der Waals surface area contributed by atoms with Crippen LogP contribution in [0.1, 0.15) is 49.9 Å². The van der Waals surface area contributed by atoms with E-state index in [1.165, 1.54) is 5.57 Å². The van der Waals surface area contributed by atoms with Gasteiger partial charge in [-0.3, -0.25) is 4.79 Å². The number of nitrogens with one attached hydrogen (secondary N) is 1. The van der Waals surface area contributed by atoms with Crippen molar-refractivity contribution in [3.8, 4) is 5.75 Å². The van der Waals surface area contributed by atoms with Crippen LogP contribution < -0.4 is 10.1 Å². The molecular weight excluding hydrogens is 376 g/mol. The highest BCUT2D eigenvalue weighted by atomic mass is 35.5. The molecule has 1 saturated heterocycles. The fourth-order valence-electron chi connectivity index (χ4n) is 3.36. The van der Waals surface area contributed by atoms with E-state index in [0.717, 1.165) is 38.8 Å². The molecule has 28 heavy (non-hydrogen) atoms. The molecule has 0 radical (unpaired) electrons. The van der Waals surface area contributed by atoms with E-state index in [9.17, 15) is 4.79 Å². The number of likely N-dealkylation sites (tertiary alicyclic amines) is 1. The molecule has 0 spiro atoms. The molecule has 156 valence electrons. The van der Waals surface area contributed by atoms with E-state index < -0.39 is 0 Å². The van der Waals surface area contributed by atoms with Gasteiger partial charge in [0, 0.05) is 38.3 Å². The van der Waals surface area contributed by atoms with Crippen LogP contribution in [0.5, 0.6) is 5.75 Å². The average Bonchev–Trinajstić information content (AvgIpc) is 2.68. The summed E-state index contributed by atoms with van der Waals surface area (Å²) in [6, 6.07) is 5.76. The number of ether oxygens (including phenoxy) is 2. The number of amides is 1. The van der Waals surface area contributed by atoms with Crippen LogP contribution in [0.3, 0.4) is 0 Å². The number of piperidine rings is 1. The van der Waals surface area contributed by atoms with Crippen molar-refractivity contribution in [2.24, 2.45) is 0 Å². The minimum absolute atomic E-state index is 0.156. The van der Waals surface area contributed by atoms with Crippen molar-refractivity contribution in [2.45, 2.75) is 51.7 Å². The van der Waals surface area contributed by atoms with Crippen molar-refractivity contribution in [1.29, 1.82) is 0 Å². The van der Waals surface area contributed by atoms with Crippen LogP contribution >= 0.6 is 11.6 Å². The van der Waals surface area contributed by atoms with E-state index in [-0.39, 0.29) is 12.0 Å². The Labute approximate surface area is 174 Å². The van der Waals surface area contributed by atoms with Gasteiger partial charge in [-0.25, -0.2) is 0 Å². The minimum Gasteiger partial charge on any atom is -0.489 e. The quantitative estimate of drug-likeness (QED) is 0.463. The van der Waals surface area contributed by atoms with E-state index in [1.807, 2.05) is 0 Å². The SMILES string of the molecule is C=C(C)CC[C@H](C)N1CCC(Oc2ccc(C(=O)NCCOC)cc2Cl)CC1. The second-order valence-corrected chi connectivity index (χ2v) is 8.00. The molecule has 1 fully saturated rings. The zero-order chi connectivity index (χ0) is 20.5. The summed E-state index contributed by atoms with van der Waals surface area (Å²) in [6.07, 6.45) is 4.35. The van der Waals surface area contributed by atoms with Gasteiger partial charge in [0.15, 0.2) is 0 Å². The summed E-state index contributed by atoms with van der Waals surface area (Å²) in [7, 11) is 1.60. The van der Waals surface area contributed by atoms with Gasteiger partial charge in [0.05, 0.1) is 11.6 Å². The second-order valence-electron chi connectivity index (χ2n) is 7.59. The summed E-state index contributed by atoms with van der Waals surface area (Å²) in [4.78, 5) is 14.6. The van der Waals surface area contributed by atoms with Gasteiger partial charge in [0.25, 0.3) is 5.91 Å². The smallest absolute Gasteiger partial charge is 0.251 e. The average molecular weight is 409 g/mol. The number of hydrogen-bond donors (Lipinski definition) is 1. The Morgan fingerprint density at radius 3 is 2.71 bits per heavy atom. The zero-order valence-electron chi connectivity index (χ0n) is 17.3. The molecule has 2 rings (SSSR count). The lowest BCUT2D eigenvalue weighted by molar-refractivity contribution is 0.0776. The number of allylic oxidation sites excluding steroid dienone is 1. The summed E-state index contributed by atoms with van der Waals surface area (Å²) in [5.74, 6) is 0.478. The van der Waals surface area contributed by atoms with Gasteiger partial charge in [-0.1, -0.05) is 17.2 Å². The maximum absolute atomic E-state index is 12.1. The Kier molecular flexibility index (Phi) is 9.29. The number of methoxy groups -OCH3 is 1. The molecule has 1 aromatic rings. The first-order chi connectivity index (χ1) is 13.4. The summed E-state index contributed by atoms with van der Waals surface area (Å²) in [5.41, 5.74) is 1.77. The van der Waals surface area contributed by atoms with E-state index >= 15 is 0 Å². The summed E-state index contributed by atoms with van der Waals surface area (Å²) >= 11 is 6.36. The molecular formula is C22H33ClN2O3. The van der Waals surface area contributed by atoms with Crippen molar-refractivity contribution in [3.05, 3.63) is 40.9 Å². The van der Waals surface area contributed by atoms with Gasteiger partial charge in [0.2, 0.25) is 0 Å². The number of nitrogens with zero attached hydrogens (tertiary/aromatic N) is 1. The Hall–Kier alpha value is -1.56. The van der Waals surface area contributed by atoms with Crippen molar-refractivity contribution in [2.75, 3.05) is 33.4 Å². The molecule has 1 heterocycles. The number of carbonyl (C=O) groups is 1. The Morgan fingerprint density at radius 2 is 2.11 bits per heavy atom. The predicted octanol–water partition coefficient (Wildman–Crippen LogP) is 4.30. The molecule has 1 aliphatic heterocycles. The van der Waals surface area contributed by atoms with Crippen molar-refractivity contribution in [1.82, 2.24) is 10.2 Å². The second kappa shape index (κ2) is 11.4.